The van der Waals surface area contributed by atoms with E-state index < -0.39 is 6.10 Å². The van der Waals surface area contributed by atoms with Crippen molar-refractivity contribution < 1.29 is 19.1 Å². The van der Waals surface area contributed by atoms with Gasteiger partial charge in [-0.2, -0.15) is 0 Å². The summed E-state index contributed by atoms with van der Waals surface area (Å²) in [6.45, 7) is 1.90. The Morgan fingerprint density at radius 3 is 3.00 bits per heavy atom. The molecule has 1 aromatic carbocycles. The van der Waals surface area contributed by atoms with Crippen molar-refractivity contribution in [3.8, 4) is 11.6 Å². The van der Waals surface area contributed by atoms with Gasteiger partial charge in [0.15, 0.2) is 11.9 Å². The molecule has 7 nitrogen and oxygen atoms in total. The fraction of sp³-hybridized carbons (Fsp3) is 0.235. The number of ether oxygens (including phenoxy) is 2. The lowest BCUT2D eigenvalue weighted by Gasteiger charge is -2.25. The van der Waals surface area contributed by atoms with Crippen molar-refractivity contribution in [3.05, 3.63) is 47.7 Å². The van der Waals surface area contributed by atoms with Gasteiger partial charge in [-0.25, -0.2) is 4.98 Å². The minimum atomic E-state index is -0.648. The number of anilines is 1. The Balaban J connectivity index is 1.79. The molecule has 0 radical (unpaired) electrons. The molecule has 0 aliphatic carbocycles. The van der Waals surface area contributed by atoms with E-state index in [-0.39, 0.29) is 18.4 Å². The van der Waals surface area contributed by atoms with Crippen LogP contribution in [0.1, 0.15) is 22.8 Å². The van der Waals surface area contributed by atoms with E-state index in [2.05, 4.69) is 15.6 Å². The van der Waals surface area contributed by atoms with Crippen LogP contribution in [0.4, 0.5) is 5.69 Å². The van der Waals surface area contributed by atoms with Crippen molar-refractivity contribution in [2.75, 3.05) is 12.4 Å². The molecule has 1 aliphatic rings. The monoisotopic (exact) mass is 327 g/mol. The molecule has 1 aliphatic heterocycles. The van der Waals surface area contributed by atoms with Crippen molar-refractivity contribution in [1.82, 2.24) is 10.3 Å². The van der Waals surface area contributed by atoms with Gasteiger partial charge >= 0.3 is 0 Å². The fourth-order valence-corrected chi connectivity index (χ4v) is 2.42. The van der Waals surface area contributed by atoms with Crippen molar-refractivity contribution in [2.24, 2.45) is 0 Å². The van der Waals surface area contributed by atoms with Gasteiger partial charge in [-0.1, -0.05) is 12.1 Å². The van der Waals surface area contributed by atoms with Crippen molar-refractivity contribution in [3.63, 3.8) is 0 Å². The number of fused-ring (bicyclic) bond motifs is 1. The zero-order valence-corrected chi connectivity index (χ0v) is 13.3. The van der Waals surface area contributed by atoms with Gasteiger partial charge in [0.25, 0.3) is 11.8 Å². The van der Waals surface area contributed by atoms with Crippen LogP contribution in [0.5, 0.6) is 11.6 Å². The number of aromatic nitrogens is 1. The number of nitrogens with zero attached hydrogens (tertiary/aromatic N) is 1. The van der Waals surface area contributed by atoms with Gasteiger partial charge in [0.1, 0.15) is 0 Å². The number of rotatable bonds is 4. The third-order valence-corrected chi connectivity index (χ3v) is 3.66. The molecule has 1 aromatic heterocycles. The Labute approximate surface area is 139 Å². The number of benzene rings is 1. The second-order valence-electron chi connectivity index (χ2n) is 5.29. The van der Waals surface area contributed by atoms with Crippen LogP contribution < -0.4 is 20.1 Å². The zero-order chi connectivity index (χ0) is 17.1. The predicted molar refractivity (Wildman–Crippen MR) is 87.1 cm³/mol. The molecule has 0 spiro atoms. The molecule has 0 bridgehead atoms. The minimum absolute atomic E-state index is 0.236. The van der Waals surface area contributed by atoms with Gasteiger partial charge in [-0.05, 0) is 25.1 Å². The summed E-state index contributed by atoms with van der Waals surface area (Å²) in [5, 5.41) is 5.54. The average molecular weight is 327 g/mol. The Morgan fingerprint density at radius 1 is 1.38 bits per heavy atom. The first-order chi connectivity index (χ1) is 11.6. The summed E-state index contributed by atoms with van der Waals surface area (Å²) in [5.74, 6) is 0.298. The summed E-state index contributed by atoms with van der Waals surface area (Å²) in [7, 11) is 1.53. The average Bonchev–Trinajstić information content (AvgIpc) is 2.60. The Kier molecular flexibility index (Phi) is 4.33. The number of pyridine rings is 1. The summed E-state index contributed by atoms with van der Waals surface area (Å²) >= 11 is 0. The smallest absolute Gasteiger partial charge is 0.265 e. The van der Waals surface area contributed by atoms with Crippen LogP contribution in [0.3, 0.4) is 0 Å². The molecule has 3 rings (SSSR count). The molecule has 7 heteroatoms. The molecule has 2 N–H and O–H groups in total. The number of methoxy groups -OCH3 is 1. The van der Waals surface area contributed by atoms with E-state index in [4.69, 9.17) is 9.47 Å². The maximum absolute atomic E-state index is 12.5. The molecule has 24 heavy (non-hydrogen) atoms. The molecule has 2 heterocycles. The molecular formula is C17H17N3O4. The molecule has 2 amide bonds. The van der Waals surface area contributed by atoms with Crippen LogP contribution in [-0.2, 0) is 11.3 Å². The van der Waals surface area contributed by atoms with Gasteiger partial charge in [-0.3, -0.25) is 9.59 Å². The first-order valence-corrected chi connectivity index (χ1v) is 7.46. The second-order valence-corrected chi connectivity index (χ2v) is 5.29. The Morgan fingerprint density at radius 2 is 2.21 bits per heavy atom. The van der Waals surface area contributed by atoms with Crippen molar-refractivity contribution in [1.29, 1.82) is 0 Å². The lowest BCUT2D eigenvalue weighted by molar-refractivity contribution is -0.122. The number of carbonyl (C=O) groups is 2. The second kappa shape index (κ2) is 6.57. The van der Waals surface area contributed by atoms with Crippen LogP contribution in [0.15, 0.2) is 36.5 Å². The Bertz CT molecular complexity index is 791. The summed E-state index contributed by atoms with van der Waals surface area (Å²) in [6.07, 6.45) is 0.972. The number of para-hydroxylation sites is 1. The fourth-order valence-electron chi connectivity index (χ4n) is 2.42. The number of hydrogen-bond acceptors (Lipinski definition) is 5. The maximum atomic E-state index is 12.5. The van der Waals surface area contributed by atoms with Crippen LogP contribution in [0, 0.1) is 0 Å². The molecule has 2 aromatic rings. The number of carbonyl (C=O) groups excluding carboxylic acids is 2. The summed E-state index contributed by atoms with van der Waals surface area (Å²) in [4.78, 5) is 28.3. The highest BCUT2D eigenvalue weighted by atomic mass is 16.5. The zero-order valence-electron chi connectivity index (χ0n) is 13.3. The van der Waals surface area contributed by atoms with Gasteiger partial charge in [0.05, 0.1) is 18.4 Å². The Hall–Kier alpha value is -3.09. The maximum Gasteiger partial charge on any atom is 0.265 e. The highest BCUT2D eigenvalue weighted by Gasteiger charge is 2.27. The number of nitrogens with one attached hydrogen (secondary N) is 2. The highest BCUT2D eigenvalue weighted by molar-refractivity contribution is 6.03. The molecule has 0 unspecified atom stereocenters. The quantitative estimate of drug-likeness (QED) is 0.893. The van der Waals surface area contributed by atoms with Crippen molar-refractivity contribution in [2.45, 2.75) is 19.6 Å². The topological polar surface area (TPSA) is 89.6 Å². The number of amides is 2. The normalized spacial score (nSPS) is 15.8. The van der Waals surface area contributed by atoms with E-state index >= 15 is 0 Å². The molecular weight excluding hydrogens is 310 g/mol. The van der Waals surface area contributed by atoms with E-state index in [9.17, 15) is 9.59 Å². The van der Waals surface area contributed by atoms with E-state index in [1.54, 1.807) is 37.4 Å². The van der Waals surface area contributed by atoms with E-state index in [1.165, 1.54) is 7.11 Å². The highest BCUT2D eigenvalue weighted by Crippen LogP contribution is 2.33. The minimum Gasteiger partial charge on any atom is -0.481 e. The third kappa shape index (κ3) is 3.01. The van der Waals surface area contributed by atoms with E-state index in [1.807, 2.05) is 6.07 Å². The first-order valence-electron chi connectivity index (χ1n) is 7.46. The lowest BCUT2D eigenvalue weighted by Crippen LogP contribution is -2.35. The van der Waals surface area contributed by atoms with Crippen molar-refractivity contribution >= 4 is 17.5 Å². The third-order valence-electron chi connectivity index (χ3n) is 3.66. The SMILES string of the molecule is COc1ncccc1CNC(=O)c1cccc2c1O[C@H](C)C(=O)N2. The predicted octanol–water partition coefficient (Wildman–Crippen LogP) is 1.74. The van der Waals surface area contributed by atoms with Crippen LogP contribution in [0.2, 0.25) is 0 Å². The van der Waals surface area contributed by atoms with Gasteiger partial charge in [-0.15, -0.1) is 0 Å². The lowest BCUT2D eigenvalue weighted by atomic mass is 10.1. The van der Waals surface area contributed by atoms with Crippen LogP contribution in [0.25, 0.3) is 0 Å². The molecule has 124 valence electrons. The number of hydrogen-bond donors (Lipinski definition) is 2. The summed E-state index contributed by atoms with van der Waals surface area (Å²) in [5.41, 5.74) is 1.62. The molecule has 0 saturated heterocycles. The van der Waals surface area contributed by atoms with Gasteiger partial charge in [0, 0.05) is 18.3 Å². The standard InChI is InChI=1S/C17H17N3O4/c1-10-15(21)20-13-7-3-6-12(14(13)24-10)16(22)19-9-11-5-4-8-18-17(11)23-2/h3-8,10H,9H2,1-2H3,(H,19,22)(H,20,21)/t10-/m1/s1. The van der Waals surface area contributed by atoms with Gasteiger partial charge in [0.2, 0.25) is 5.88 Å². The largest absolute Gasteiger partial charge is 0.481 e. The summed E-state index contributed by atoms with van der Waals surface area (Å²) in [6, 6.07) is 8.64. The first kappa shape index (κ1) is 15.8. The molecule has 0 saturated carbocycles. The van der Waals surface area contributed by atoms with Crippen LogP contribution in [-0.4, -0.2) is 30.0 Å². The molecule has 0 fully saturated rings. The van der Waals surface area contributed by atoms with Crippen LogP contribution >= 0.6 is 0 Å². The molecule has 1 atom stereocenters. The summed E-state index contributed by atoms with van der Waals surface area (Å²) < 4.78 is 10.7. The van der Waals surface area contributed by atoms with Gasteiger partial charge < -0.3 is 20.1 Å². The van der Waals surface area contributed by atoms with E-state index in [0.717, 1.165) is 5.56 Å². The van der Waals surface area contributed by atoms with E-state index in [0.29, 0.717) is 22.9 Å².